The van der Waals surface area contributed by atoms with Gasteiger partial charge in [-0.15, -0.1) is 0 Å². The lowest BCUT2D eigenvalue weighted by Gasteiger charge is -2.30. The maximum atomic E-state index is 16.2. The number of H-pyrrole nitrogens is 1. The van der Waals surface area contributed by atoms with Gasteiger partial charge in [-0.3, -0.25) is 9.89 Å². The van der Waals surface area contributed by atoms with Crippen LogP contribution in [0, 0.1) is 22.9 Å². The number of aromatic amines is 1. The Morgan fingerprint density at radius 1 is 1.12 bits per heavy atom. The fourth-order valence-electron chi connectivity index (χ4n) is 6.64. The summed E-state index contributed by atoms with van der Waals surface area (Å²) in [7, 11) is 0. The third kappa shape index (κ3) is 2.62. The predicted octanol–water partition coefficient (Wildman–Crippen LogP) is 6.33. The molecule has 0 saturated heterocycles. The second kappa shape index (κ2) is 6.87. The van der Waals surface area contributed by atoms with Crippen LogP contribution in [-0.4, -0.2) is 25.8 Å². The molecule has 8 heteroatoms. The number of hydrogen-bond donors (Lipinski definition) is 2. The quantitative estimate of drug-likeness (QED) is 0.368. The zero-order chi connectivity index (χ0) is 24.0. The van der Waals surface area contributed by atoms with Gasteiger partial charge < -0.3 is 9.67 Å². The Hall–Kier alpha value is -3.29. The number of hydrogen-bond acceptors (Lipinski definition) is 2. The first-order valence-electron chi connectivity index (χ1n) is 11.6. The van der Waals surface area contributed by atoms with E-state index in [0.29, 0.717) is 54.1 Å². The van der Waals surface area contributed by atoms with E-state index in [1.54, 1.807) is 0 Å². The summed E-state index contributed by atoms with van der Waals surface area (Å²) >= 11 is 0. The largest absolute Gasteiger partial charge is 0.481 e. The highest BCUT2D eigenvalue weighted by Gasteiger charge is 2.60. The van der Waals surface area contributed by atoms with Crippen LogP contribution in [0.15, 0.2) is 30.5 Å². The lowest BCUT2D eigenvalue weighted by Crippen LogP contribution is -2.25. The van der Waals surface area contributed by atoms with Gasteiger partial charge in [-0.05, 0) is 67.2 Å². The maximum absolute atomic E-state index is 16.2. The lowest BCUT2D eigenvalue weighted by molar-refractivity contribution is -0.148. The SMILES string of the molecule is CC(C)c1c(C23CCC(C(=O)O)(CC2)C3)c2c(F)c3[nH]ncc3cc2n1-c1ccc(F)c(F)c1. The van der Waals surface area contributed by atoms with E-state index in [0.717, 1.165) is 23.4 Å². The van der Waals surface area contributed by atoms with Crippen LogP contribution in [0.3, 0.4) is 0 Å². The molecule has 2 aromatic heterocycles. The number of carboxylic acids is 1. The van der Waals surface area contributed by atoms with E-state index in [4.69, 9.17) is 0 Å². The normalized spacial score (nSPS) is 24.2. The molecule has 0 aliphatic heterocycles. The number of halogens is 3. The molecular formula is C26H24F3N3O2. The average molecular weight is 467 g/mol. The number of nitrogens with zero attached hydrogens (tertiary/aromatic N) is 2. The highest BCUT2D eigenvalue weighted by Crippen LogP contribution is 2.64. The van der Waals surface area contributed by atoms with Gasteiger partial charge in [0, 0.05) is 28.2 Å². The molecule has 6 rings (SSSR count). The molecule has 2 aromatic carbocycles. The molecule has 5 nitrogen and oxygen atoms in total. The number of nitrogens with one attached hydrogen (secondary N) is 1. The van der Waals surface area contributed by atoms with E-state index in [-0.39, 0.29) is 11.4 Å². The number of aromatic nitrogens is 3. The Bertz CT molecular complexity index is 1490. The Morgan fingerprint density at radius 3 is 2.47 bits per heavy atom. The van der Waals surface area contributed by atoms with Crippen molar-refractivity contribution in [3.05, 3.63) is 59.2 Å². The van der Waals surface area contributed by atoms with Crippen molar-refractivity contribution >= 4 is 27.8 Å². The van der Waals surface area contributed by atoms with Crippen molar-refractivity contribution in [2.45, 2.75) is 57.3 Å². The summed E-state index contributed by atoms with van der Waals surface area (Å²) in [4.78, 5) is 12.2. The topological polar surface area (TPSA) is 70.9 Å². The second-order valence-electron chi connectivity index (χ2n) is 10.3. The highest BCUT2D eigenvalue weighted by atomic mass is 19.2. The molecular weight excluding hydrogens is 443 g/mol. The fraction of sp³-hybridized carbons (Fsp3) is 0.385. The van der Waals surface area contributed by atoms with Crippen molar-refractivity contribution < 1.29 is 23.1 Å². The lowest BCUT2D eigenvalue weighted by atomic mass is 9.74. The van der Waals surface area contributed by atoms with Gasteiger partial charge in [-0.25, -0.2) is 13.2 Å². The molecule has 0 spiro atoms. The van der Waals surface area contributed by atoms with Crippen LogP contribution in [0.2, 0.25) is 0 Å². The summed E-state index contributed by atoms with van der Waals surface area (Å²) in [5.74, 6) is -3.26. The van der Waals surface area contributed by atoms with Gasteiger partial charge in [0.25, 0.3) is 0 Å². The van der Waals surface area contributed by atoms with Crippen LogP contribution in [0.1, 0.15) is 63.1 Å². The molecule has 34 heavy (non-hydrogen) atoms. The second-order valence-corrected chi connectivity index (χ2v) is 10.3. The van der Waals surface area contributed by atoms with Crippen LogP contribution < -0.4 is 0 Å². The summed E-state index contributed by atoms with van der Waals surface area (Å²) in [6, 6.07) is 5.52. The monoisotopic (exact) mass is 467 g/mol. The first kappa shape index (κ1) is 21.3. The molecule has 2 N–H and O–H groups in total. The van der Waals surface area contributed by atoms with Crippen LogP contribution in [0.5, 0.6) is 0 Å². The Kier molecular flexibility index (Phi) is 4.29. The van der Waals surface area contributed by atoms with Gasteiger partial charge in [0.05, 0.1) is 17.1 Å². The van der Waals surface area contributed by atoms with E-state index in [9.17, 15) is 18.7 Å². The first-order chi connectivity index (χ1) is 16.2. The van der Waals surface area contributed by atoms with Gasteiger partial charge in [-0.1, -0.05) is 13.8 Å². The van der Waals surface area contributed by atoms with E-state index >= 15 is 4.39 Å². The van der Waals surface area contributed by atoms with E-state index in [1.807, 2.05) is 24.5 Å². The summed E-state index contributed by atoms with van der Waals surface area (Å²) in [5, 5.41) is 17.7. The third-order valence-electron chi connectivity index (χ3n) is 8.18. The average Bonchev–Trinajstić information content (AvgIpc) is 3.56. The zero-order valence-corrected chi connectivity index (χ0v) is 18.9. The van der Waals surface area contributed by atoms with Crippen molar-refractivity contribution in [3.8, 4) is 5.69 Å². The van der Waals surface area contributed by atoms with Crippen LogP contribution >= 0.6 is 0 Å². The molecule has 0 unspecified atom stereocenters. The summed E-state index contributed by atoms with van der Waals surface area (Å²) in [6.07, 6.45) is 4.38. The van der Waals surface area contributed by atoms with Crippen molar-refractivity contribution in [3.63, 3.8) is 0 Å². The van der Waals surface area contributed by atoms with Crippen molar-refractivity contribution in [2.24, 2.45) is 5.41 Å². The summed E-state index contributed by atoms with van der Waals surface area (Å²) in [6.45, 7) is 3.98. The zero-order valence-electron chi connectivity index (χ0n) is 18.9. The van der Waals surface area contributed by atoms with E-state index in [2.05, 4.69) is 10.2 Å². The minimum atomic E-state index is -0.981. The van der Waals surface area contributed by atoms with Crippen LogP contribution in [-0.2, 0) is 10.2 Å². The summed E-state index contributed by atoms with van der Waals surface area (Å²) in [5.41, 5.74) is 1.56. The van der Waals surface area contributed by atoms with Gasteiger partial charge >= 0.3 is 5.97 Å². The number of fused-ring (bicyclic) bond motifs is 4. The Labute approximate surface area is 193 Å². The number of benzene rings is 2. The number of carboxylic acid groups (broad SMARTS) is 1. The van der Waals surface area contributed by atoms with Crippen molar-refractivity contribution in [1.29, 1.82) is 0 Å². The molecule has 0 atom stereocenters. The third-order valence-corrected chi connectivity index (χ3v) is 8.18. The van der Waals surface area contributed by atoms with Gasteiger partial charge in [-0.2, -0.15) is 5.10 Å². The number of rotatable bonds is 4. The minimum absolute atomic E-state index is 0.0822. The van der Waals surface area contributed by atoms with Crippen molar-refractivity contribution in [2.75, 3.05) is 0 Å². The predicted molar refractivity (Wildman–Crippen MR) is 122 cm³/mol. The Balaban J connectivity index is 1.75. The summed E-state index contributed by atoms with van der Waals surface area (Å²) < 4.78 is 46.1. The maximum Gasteiger partial charge on any atom is 0.309 e. The molecule has 4 aromatic rings. The number of aliphatic carboxylic acids is 1. The van der Waals surface area contributed by atoms with Crippen molar-refractivity contribution in [1.82, 2.24) is 14.8 Å². The molecule has 176 valence electrons. The first-order valence-corrected chi connectivity index (χ1v) is 11.6. The number of carbonyl (C=O) groups is 1. The molecule has 2 saturated carbocycles. The highest BCUT2D eigenvalue weighted by molar-refractivity contribution is 6.00. The van der Waals surface area contributed by atoms with E-state index in [1.165, 1.54) is 12.3 Å². The van der Waals surface area contributed by atoms with Gasteiger partial charge in [0.15, 0.2) is 17.5 Å². The molecule has 2 aliphatic rings. The fourth-order valence-corrected chi connectivity index (χ4v) is 6.64. The van der Waals surface area contributed by atoms with Crippen LogP contribution in [0.25, 0.3) is 27.5 Å². The molecule has 2 bridgehead atoms. The van der Waals surface area contributed by atoms with E-state index < -0.39 is 34.3 Å². The minimum Gasteiger partial charge on any atom is -0.481 e. The molecule has 0 radical (unpaired) electrons. The van der Waals surface area contributed by atoms with Gasteiger partial charge in [0.1, 0.15) is 5.52 Å². The van der Waals surface area contributed by atoms with Crippen LogP contribution in [0.4, 0.5) is 13.2 Å². The molecule has 2 aliphatic carbocycles. The molecule has 2 fully saturated rings. The molecule has 2 heterocycles. The van der Waals surface area contributed by atoms with Gasteiger partial charge in [0.2, 0.25) is 0 Å². The Morgan fingerprint density at radius 2 is 1.85 bits per heavy atom. The molecule has 0 amide bonds. The smallest absolute Gasteiger partial charge is 0.309 e. The standard InChI is InChI=1S/C26H24F3N3O2/c1-13(2)23-20(25-5-7-26(12-25,8-6-25)24(33)34)19-18(9-14-11-30-31-22(14)21(19)29)32(23)15-3-4-16(27)17(28)10-15/h3-4,9-11,13H,5-8,12H2,1-2H3,(H,30,31)(H,33,34).